The third kappa shape index (κ3) is 8.40. The molecule has 3 amide bonds. The van der Waals surface area contributed by atoms with Crippen LogP contribution in [0.5, 0.6) is 11.5 Å². The predicted octanol–water partition coefficient (Wildman–Crippen LogP) is 3.15. The van der Waals surface area contributed by atoms with E-state index in [4.69, 9.17) is 37.4 Å². The highest BCUT2D eigenvalue weighted by molar-refractivity contribution is 6.42. The van der Waals surface area contributed by atoms with Crippen molar-refractivity contribution in [3.63, 3.8) is 0 Å². The molecule has 0 aliphatic carbocycles. The van der Waals surface area contributed by atoms with Gasteiger partial charge in [0.25, 0.3) is 5.91 Å². The Morgan fingerprint density at radius 3 is 2.64 bits per heavy atom. The van der Waals surface area contributed by atoms with Crippen molar-refractivity contribution in [2.24, 2.45) is 5.10 Å². The number of halogens is 2. The SMILES string of the molecule is CCOc1cc(/C=N\NC(=O)C(=O)NC[C@H]2CCCO2)ccc1OCC(=O)Nc1ccc(Cl)c(Cl)c1. The van der Waals surface area contributed by atoms with Crippen LogP contribution < -0.4 is 25.5 Å². The summed E-state index contributed by atoms with van der Waals surface area (Å²) in [7, 11) is 0. The smallest absolute Gasteiger partial charge is 0.329 e. The van der Waals surface area contributed by atoms with Crippen LogP contribution in [0.15, 0.2) is 41.5 Å². The molecular formula is C24H26Cl2N4O6. The van der Waals surface area contributed by atoms with E-state index >= 15 is 0 Å². The summed E-state index contributed by atoms with van der Waals surface area (Å²) < 4.78 is 16.6. The number of hydrogen-bond donors (Lipinski definition) is 3. The van der Waals surface area contributed by atoms with E-state index in [1.807, 2.05) is 0 Å². The van der Waals surface area contributed by atoms with Gasteiger partial charge in [-0.15, -0.1) is 0 Å². The first-order valence-corrected chi connectivity index (χ1v) is 12.0. The Morgan fingerprint density at radius 1 is 1.08 bits per heavy atom. The Kier molecular flexibility index (Phi) is 10.3. The van der Waals surface area contributed by atoms with Gasteiger partial charge in [-0.2, -0.15) is 5.10 Å². The molecule has 12 heteroatoms. The Balaban J connectivity index is 1.51. The average molecular weight is 537 g/mol. The van der Waals surface area contributed by atoms with Gasteiger partial charge < -0.3 is 24.8 Å². The van der Waals surface area contributed by atoms with Gasteiger partial charge in [0.05, 0.1) is 29.0 Å². The van der Waals surface area contributed by atoms with Crippen molar-refractivity contribution >= 4 is 52.8 Å². The molecule has 3 N–H and O–H groups in total. The van der Waals surface area contributed by atoms with Gasteiger partial charge in [-0.05, 0) is 61.7 Å². The Hall–Kier alpha value is -3.34. The number of carbonyl (C=O) groups excluding carboxylic acids is 3. The van der Waals surface area contributed by atoms with Gasteiger partial charge in [0.2, 0.25) is 0 Å². The third-order valence-corrected chi connectivity index (χ3v) is 5.67. The minimum Gasteiger partial charge on any atom is -0.490 e. The van der Waals surface area contributed by atoms with Crippen molar-refractivity contribution < 1.29 is 28.6 Å². The van der Waals surface area contributed by atoms with Gasteiger partial charge in [-0.1, -0.05) is 23.2 Å². The van der Waals surface area contributed by atoms with Crippen LogP contribution in [-0.4, -0.2) is 56.4 Å². The van der Waals surface area contributed by atoms with Gasteiger partial charge >= 0.3 is 11.8 Å². The van der Waals surface area contributed by atoms with Gasteiger partial charge in [-0.25, -0.2) is 5.43 Å². The number of hydrogen-bond acceptors (Lipinski definition) is 7. The molecule has 2 aromatic carbocycles. The van der Waals surface area contributed by atoms with Crippen LogP contribution >= 0.6 is 23.2 Å². The van der Waals surface area contributed by atoms with Gasteiger partial charge in [-0.3, -0.25) is 14.4 Å². The van der Waals surface area contributed by atoms with E-state index in [2.05, 4.69) is 21.2 Å². The van der Waals surface area contributed by atoms with Gasteiger partial charge in [0.1, 0.15) is 0 Å². The first-order valence-electron chi connectivity index (χ1n) is 11.2. The molecule has 1 aliphatic heterocycles. The number of nitrogens with one attached hydrogen (secondary N) is 3. The van der Waals surface area contributed by atoms with Gasteiger partial charge in [0, 0.05) is 18.8 Å². The largest absolute Gasteiger partial charge is 0.490 e. The molecule has 2 aromatic rings. The number of nitrogens with zero attached hydrogens (tertiary/aromatic N) is 1. The van der Waals surface area contributed by atoms with E-state index in [1.54, 1.807) is 37.3 Å². The van der Waals surface area contributed by atoms with Crippen molar-refractivity contribution in [1.82, 2.24) is 10.7 Å². The summed E-state index contributed by atoms with van der Waals surface area (Å²) in [6.07, 6.45) is 3.08. The summed E-state index contributed by atoms with van der Waals surface area (Å²) >= 11 is 11.8. The van der Waals surface area contributed by atoms with Crippen LogP contribution in [0, 0.1) is 0 Å². The lowest BCUT2D eigenvalue weighted by Gasteiger charge is -2.13. The molecule has 0 bridgehead atoms. The van der Waals surface area contributed by atoms with E-state index in [0.717, 1.165) is 12.8 Å². The van der Waals surface area contributed by atoms with Crippen LogP contribution in [0.2, 0.25) is 10.0 Å². The standard InChI is InChI=1S/C24H26Cl2N4O6/c1-2-34-21-10-15(12-28-30-24(33)23(32)27-13-17-4-3-9-35-17)5-8-20(21)36-14-22(31)29-16-6-7-18(25)19(26)11-16/h5-8,10-12,17H,2-4,9,13-14H2,1H3,(H,27,32)(H,29,31)(H,30,33)/b28-12-/t17-/m1/s1. The number of hydrazone groups is 1. The monoisotopic (exact) mass is 536 g/mol. The fraction of sp³-hybridized carbons (Fsp3) is 0.333. The Bertz CT molecular complexity index is 1120. The molecule has 3 rings (SSSR count). The van der Waals surface area contributed by atoms with E-state index in [9.17, 15) is 14.4 Å². The molecule has 36 heavy (non-hydrogen) atoms. The molecular weight excluding hydrogens is 511 g/mol. The second-order valence-electron chi connectivity index (χ2n) is 7.65. The Morgan fingerprint density at radius 2 is 1.92 bits per heavy atom. The zero-order valence-electron chi connectivity index (χ0n) is 19.5. The minimum atomic E-state index is -0.887. The molecule has 0 aromatic heterocycles. The van der Waals surface area contributed by atoms with Crippen LogP contribution in [0.4, 0.5) is 5.69 Å². The molecule has 1 saturated heterocycles. The van der Waals surface area contributed by atoms with Crippen LogP contribution in [0.3, 0.4) is 0 Å². The second kappa shape index (κ2) is 13.7. The number of ether oxygens (including phenoxy) is 3. The van der Waals surface area contributed by atoms with Crippen LogP contribution in [-0.2, 0) is 19.1 Å². The Labute approximate surface area is 218 Å². The van der Waals surface area contributed by atoms with Gasteiger partial charge in [0.15, 0.2) is 18.1 Å². The third-order valence-electron chi connectivity index (χ3n) is 4.93. The van der Waals surface area contributed by atoms with Crippen LogP contribution in [0.1, 0.15) is 25.3 Å². The second-order valence-corrected chi connectivity index (χ2v) is 8.46. The highest BCUT2D eigenvalue weighted by Gasteiger charge is 2.19. The first-order chi connectivity index (χ1) is 17.4. The van der Waals surface area contributed by atoms with Crippen molar-refractivity contribution in [3.05, 3.63) is 52.0 Å². The summed E-state index contributed by atoms with van der Waals surface area (Å²) in [4.78, 5) is 36.0. The van der Waals surface area contributed by atoms with Crippen molar-refractivity contribution in [2.45, 2.75) is 25.9 Å². The average Bonchev–Trinajstić information content (AvgIpc) is 3.38. The number of benzene rings is 2. The maximum Gasteiger partial charge on any atom is 0.329 e. The molecule has 1 fully saturated rings. The number of anilines is 1. The summed E-state index contributed by atoms with van der Waals surface area (Å²) in [5.74, 6) is -1.36. The number of amides is 3. The topological polar surface area (TPSA) is 127 Å². The molecule has 1 heterocycles. The molecule has 0 spiro atoms. The summed E-state index contributed by atoms with van der Waals surface area (Å²) in [5, 5.41) is 9.70. The number of rotatable bonds is 10. The van der Waals surface area contributed by atoms with Crippen molar-refractivity contribution in [3.8, 4) is 11.5 Å². The quantitative estimate of drug-likeness (QED) is 0.243. The highest BCUT2D eigenvalue weighted by Crippen LogP contribution is 2.28. The zero-order chi connectivity index (χ0) is 25.9. The summed E-state index contributed by atoms with van der Waals surface area (Å²) in [6, 6.07) is 9.63. The van der Waals surface area contributed by atoms with E-state index in [-0.39, 0.29) is 19.3 Å². The number of carbonyl (C=O) groups is 3. The molecule has 0 saturated carbocycles. The van der Waals surface area contributed by atoms with Crippen molar-refractivity contribution in [2.75, 3.05) is 31.7 Å². The summed E-state index contributed by atoms with van der Waals surface area (Å²) in [5.41, 5.74) is 3.24. The highest BCUT2D eigenvalue weighted by atomic mass is 35.5. The molecule has 1 atom stereocenters. The van der Waals surface area contributed by atoms with E-state index in [0.29, 0.717) is 46.0 Å². The predicted molar refractivity (Wildman–Crippen MR) is 136 cm³/mol. The molecule has 1 aliphatic rings. The molecule has 0 radical (unpaired) electrons. The fourth-order valence-electron chi connectivity index (χ4n) is 3.22. The summed E-state index contributed by atoms with van der Waals surface area (Å²) in [6.45, 7) is 2.83. The van der Waals surface area contributed by atoms with E-state index < -0.39 is 17.7 Å². The molecule has 0 unspecified atom stereocenters. The lowest BCUT2D eigenvalue weighted by molar-refractivity contribution is -0.139. The van der Waals surface area contributed by atoms with E-state index in [1.165, 1.54) is 12.3 Å². The first kappa shape index (κ1) is 27.3. The molecule has 10 nitrogen and oxygen atoms in total. The maximum atomic E-state index is 12.2. The lowest BCUT2D eigenvalue weighted by Crippen LogP contribution is -2.41. The zero-order valence-corrected chi connectivity index (χ0v) is 21.0. The van der Waals surface area contributed by atoms with Crippen LogP contribution in [0.25, 0.3) is 0 Å². The fourth-order valence-corrected chi connectivity index (χ4v) is 3.51. The lowest BCUT2D eigenvalue weighted by atomic mass is 10.2. The van der Waals surface area contributed by atoms with Crippen molar-refractivity contribution in [1.29, 1.82) is 0 Å². The molecule has 192 valence electrons. The normalized spacial score (nSPS) is 14.9. The minimum absolute atomic E-state index is 0.0648. The maximum absolute atomic E-state index is 12.2.